The lowest BCUT2D eigenvalue weighted by molar-refractivity contribution is 0.0550. The molecule has 5 heteroatoms. The van der Waals surface area contributed by atoms with Gasteiger partial charge >= 0.3 is 5.97 Å². The Labute approximate surface area is 128 Å². The predicted octanol–water partition coefficient (Wildman–Crippen LogP) is 2.81. The number of aromatic nitrogens is 2. The van der Waals surface area contributed by atoms with Crippen LogP contribution >= 0.6 is 0 Å². The minimum Gasteiger partial charge on any atom is -0.458 e. The molecule has 0 radical (unpaired) electrons. The molecule has 0 bridgehead atoms. The highest BCUT2D eigenvalue weighted by atomic mass is 16.5. The zero-order chi connectivity index (χ0) is 15.4. The summed E-state index contributed by atoms with van der Waals surface area (Å²) in [6.07, 6.45) is 7.31. The summed E-state index contributed by atoms with van der Waals surface area (Å²) in [4.78, 5) is 20.3. The topological polar surface area (TPSA) is 78.1 Å². The molecule has 1 heterocycles. The van der Waals surface area contributed by atoms with E-state index in [1.165, 1.54) is 6.20 Å². The fraction of sp³-hybridized carbons (Fsp3) is 0.235. The van der Waals surface area contributed by atoms with Gasteiger partial charge in [-0.2, -0.15) is 0 Å². The van der Waals surface area contributed by atoms with Crippen molar-refractivity contribution in [1.29, 1.82) is 0 Å². The Kier molecular flexibility index (Phi) is 4.14. The van der Waals surface area contributed by atoms with Gasteiger partial charge in [-0.25, -0.2) is 14.8 Å². The molecule has 0 unspecified atom stereocenters. The van der Waals surface area contributed by atoms with Crippen molar-refractivity contribution in [2.45, 2.75) is 18.8 Å². The molecule has 0 amide bonds. The molecular formula is C17H17N3O2. The number of esters is 1. The van der Waals surface area contributed by atoms with Crippen LogP contribution in [-0.4, -0.2) is 22.5 Å². The lowest BCUT2D eigenvalue weighted by Gasteiger charge is -2.05. The van der Waals surface area contributed by atoms with E-state index in [-0.39, 0.29) is 18.0 Å². The van der Waals surface area contributed by atoms with Gasteiger partial charge in [0.05, 0.1) is 0 Å². The molecule has 5 nitrogen and oxygen atoms in total. The molecule has 0 spiro atoms. The molecule has 22 heavy (non-hydrogen) atoms. The minimum atomic E-state index is -0.502. The van der Waals surface area contributed by atoms with Crippen molar-refractivity contribution in [2.75, 3.05) is 12.3 Å². The Bertz CT molecular complexity index is 694. The molecule has 0 saturated heterocycles. The summed E-state index contributed by atoms with van der Waals surface area (Å²) in [6.45, 7) is 0.178. The van der Waals surface area contributed by atoms with Gasteiger partial charge in [0.2, 0.25) is 0 Å². The Morgan fingerprint density at radius 2 is 2.09 bits per heavy atom. The molecule has 112 valence electrons. The highest BCUT2D eigenvalue weighted by Crippen LogP contribution is 2.38. The van der Waals surface area contributed by atoms with Crippen LogP contribution in [0.4, 0.5) is 5.82 Å². The Balaban J connectivity index is 1.56. The predicted molar refractivity (Wildman–Crippen MR) is 84.2 cm³/mol. The number of nitrogens with zero attached hydrogens (tertiary/aromatic N) is 2. The Morgan fingerprint density at radius 3 is 2.77 bits per heavy atom. The van der Waals surface area contributed by atoms with Crippen LogP contribution in [0.1, 0.15) is 40.5 Å². The lowest BCUT2D eigenvalue weighted by Crippen LogP contribution is -2.11. The highest BCUT2D eigenvalue weighted by molar-refractivity contribution is 5.93. The van der Waals surface area contributed by atoms with Crippen LogP contribution in [0.15, 0.2) is 42.6 Å². The van der Waals surface area contributed by atoms with Gasteiger partial charge in [-0.05, 0) is 24.5 Å². The summed E-state index contributed by atoms with van der Waals surface area (Å²) in [6, 6.07) is 9.79. The smallest absolute Gasteiger partial charge is 0.343 e. The molecule has 1 aromatic heterocycles. The van der Waals surface area contributed by atoms with Crippen LogP contribution in [0, 0.1) is 0 Å². The number of carbonyl (C=O) groups excluding carboxylic acids is 1. The van der Waals surface area contributed by atoms with Crippen molar-refractivity contribution in [2.24, 2.45) is 0 Å². The van der Waals surface area contributed by atoms with Gasteiger partial charge in [0.25, 0.3) is 0 Å². The second kappa shape index (κ2) is 6.39. The van der Waals surface area contributed by atoms with Crippen molar-refractivity contribution < 1.29 is 9.53 Å². The summed E-state index contributed by atoms with van der Waals surface area (Å²) in [5, 5.41) is 0. The molecule has 2 N–H and O–H groups in total. The summed E-state index contributed by atoms with van der Waals surface area (Å²) in [5.41, 5.74) is 7.08. The third-order valence-corrected chi connectivity index (χ3v) is 3.42. The van der Waals surface area contributed by atoms with E-state index in [0.717, 1.165) is 24.2 Å². The molecule has 1 aliphatic rings. The van der Waals surface area contributed by atoms with Crippen LogP contribution in [0.2, 0.25) is 0 Å². The highest BCUT2D eigenvalue weighted by Gasteiger charge is 2.27. The molecule has 1 saturated carbocycles. The second-order valence-electron chi connectivity index (χ2n) is 5.21. The molecule has 1 aliphatic carbocycles. The standard InChI is InChI=1S/C17H17N3O2/c18-15-14(11-19-16(20-15)13-8-9-13)17(21)22-10-4-7-12-5-2-1-3-6-12/h1-7,11,13H,8-10H2,(H2,18,19,20)/b7-4+. The first-order valence-electron chi connectivity index (χ1n) is 7.25. The molecule has 3 rings (SSSR count). The zero-order valence-electron chi connectivity index (χ0n) is 12.1. The first kappa shape index (κ1) is 14.3. The number of hydrogen-bond acceptors (Lipinski definition) is 5. The SMILES string of the molecule is Nc1nc(C2CC2)ncc1C(=O)OC/C=C/c1ccccc1. The maximum absolute atomic E-state index is 12.0. The van der Waals surface area contributed by atoms with Gasteiger partial charge in [0.15, 0.2) is 0 Å². The monoisotopic (exact) mass is 295 g/mol. The quantitative estimate of drug-likeness (QED) is 0.858. The maximum atomic E-state index is 12.0. The largest absolute Gasteiger partial charge is 0.458 e. The number of nitrogens with two attached hydrogens (primary N) is 1. The first-order chi connectivity index (χ1) is 10.7. The van der Waals surface area contributed by atoms with Gasteiger partial charge < -0.3 is 10.5 Å². The van der Waals surface area contributed by atoms with E-state index in [1.807, 2.05) is 36.4 Å². The van der Waals surface area contributed by atoms with Crippen LogP contribution in [-0.2, 0) is 4.74 Å². The van der Waals surface area contributed by atoms with Crippen molar-refractivity contribution in [3.63, 3.8) is 0 Å². The molecule has 1 fully saturated rings. The second-order valence-corrected chi connectivity index (χ2v) is 5.21. The molecule has 0 atom stereocenters. The third kappa shape index (κ3) is 3.49. The minimum absolute atomic E-state index is 0.178. The Morgan fingerprint density at radius 1 is 1.32 bits per heavy atom. The van der Waals surface area contributed by atoms with E-state index in [0.29, 0.717) is 5.92 Å². The van der Waals surface area contributed by atoms with E-state index in [4.69, 9.17) is 10.5 Å². The van der Waals surface area contributed by atoms with Gasteiger partial charge in [-0.1, -0.05) is 36.4 Å². The number of hydrogen-bond donors (Lipinski definition) is 1. The van der Waals surface area contributed by atoms with E-state index < -0.39 is 5.97 Å². The number of rotatable bonds is 5. The van der Waals surface area contributed by atoms with Crippen LogP contribution in [0.25, 0.3) is 6.08 Å². The summed E-state index contributed by atoms with van der Waals surface area (Å²) in [7, 11) is 0. The number of ether oxygens (including phenoxy) is 1. The fourth-order valence-corrected chi connectivity index (χ4v) is 2.05. The summed E-state index contributed by atoms with van der Waals surface area (Å²) < 4.78 is 5.16. The van der Waals surface area contributed by atoms with Crippen molar-refractivity contribution >= 4 is 17.9 Å². The fourth-order valence-electron chi connectivity index (χ4n) is 2.05. The van der Waals surface area contributed by atoms with Gasteiger partial charge in [0, 0.05) is 12.1 Å². The van der Waals surface area contributed by atoms with Crippen molar-refractivity contribution in [3.8, 4) is 0 Å². The third-order valence-electron chi connectivity index (χ3n) is 3.42. The molecule has 1 aromatic carbocycles. The average Bonchev–Trinajstić information content (AvgIpc) is 3.37. The van der Waals surface area contributed by atoms with Crippen LogP contribution < -0.4 is 5.73 Å². The van der Waals surface area contributed by atoms with E-state index in [1.54, 1.807) is 6.08 Å². The maximum Gasteiger partial charge on any atom is 0.343 e. The van der Waals surface area contributed by atoms with Gasteiger partial charge in [0.1, 0.15) is 23.8 Å². The van der Waals surface area contributed by atoms with Crippen molar-refractivity contribution in [3.05, 3.63) is 59.6 Å². The normalized spacial score (nSPS) is 14.2. The van der Waals surface area contributed by atoms with Gasteiger partial charge in [-0.3, -0.25) is 0 Å². The number of benzene rings is 1. The molecule has 0 aliphatic heterocycles. The Hall–Kier alpha value is -2.69. The van der Waals surface area contributed by atoms with Gasteiger partial charge in [-0.15, -0.1) is 0 Å². The molecular weight excluding hydrogens is 278 g/mol. The number of nitrogen functional groups attached to an aromatic ring is 1. The van der Waals surface area contributed by atoms with Crippen molar-refractivity contribution in [1.82, 2.24) is 9.97 Å². The molecule has 2 aromatic rings. The summed E-state index contributed by atoms with van der Waals surface area (Å²) >= 11 is 0. The number of carbonyl (C=O) groups is 1. The van der Waals surface area contributed by atoms with Crippen LogP contribution in [0.5, 0.6) is 0 Å². The van der Waals surface area contributed by atoms with Crippen LogP contribution in [0.3, 0.4) is 0 Å². The first-order valence-corrected chi connectivity index (χ1v) is 7.25. The lowest BCUT2D eigenvalue weighted by atomic mass is 10.2. The van der Waals surface area contributed by atoms with E-state index in [9.17, 15) is 4.79 Å². The van der Waals surface area contributed by atoms with E-state index in [2.05, 4.69) is 9.97 Å². The van der Waals surface area contributed by atoms with E-state index >= 15 is 0 Å². The number of anilines is 1. The average molecular weight is 295 g/mol. The zero-order valence-corrected chi connectivity index (χ0v) is 12.1. The summed E-state index contributed by atoms with van der Waals surface area (Å²) in [5.74, 6) is 0.811.